The minimum Gasteiger partial charge on any atom is -0.412 e. The van der Waals surface area contributed by atoms with Crippen molar-refractivity contribution in [2.75, 3.05) is 0 Å². The summed E-state index contributed by atoms with van der Waals surface area (Å²) in [5, 5.41) is 44.2. The van der Waals surface area contributed by atoms with Crippen LogP contribution in [0.2, 0.25) is 0 Å². The molecule has 0 spiro atoms. The molecule has 13 nitrogen and oxygen atoms in total. The Morgan fingerprint density at radius 3 is 0.571 bits per heavy atom. The molecule has 0 aliphatic carbocycles. The second kappa shape index (κ2) is 22.5. The van der Waals surface area contributed by atoms with Crippen molar-refractivity contribution in [3.8, 4) is 0 Å². The van der Waals surface area contributed by atoms with Gasteiger partial charge in [-0.25, -0.2) is 0 Å². The first-order valence-corrected chi connectivity index (χ1v) is 1.64. The Balaban J connectivity index is -0.0000000270. The molecular formula is H2N3O10Sc. The third kappa shape index (κ3) is 376. The van der Waals surface area contributed by atoms with Gasteiger partial charge in [0.15, 0.2) is 0 Å². The zero-order valence-corrected chi connectivity index (χ0v) is 7.90. The van der Waals surface area contributed by atoms with E-state index in [4.69, 9.17) is 46.0 Å². The molecule has 0 saturated heterocycles. The van der Waals surface area contributed by atoms with Crippen LogP contribution in [0, 0.1) is 46.0 Å². The van der Waals surface area contributed by atoms with E-state index in [1.54, 1.807) is 0 Å². The van der Waals surface area contributed by atoms with E-state index in [0.29, 0.717) is 0 Å². The van der Waals surface area contributed by atoms with E-state index in [-0.39, 0.29) is 31.3 Å². The third-order valence-electron chi connectivity index (χ3n) is 0. The van der Waals surface area contributed by atoms with Gasteiger partial charge < -0.3 is 51.4 Å². The van der Waals surface area contributed by atoms with Crippen LogP contribution in [0.5, 0.6) is 0 Å². The van der Waals surface area contributed by atoms with Gasteiger partial charge >= 0.3 is 25.8 Å². The fourth-order valence-corrected chi connectivity index (χ4v) is 0. The Labute approximate surface area is 93.0 Å². The number of rotatable bonds is 0. The molecule has 0 aromatic rings. The summed E-state index contributed by atoms with van der Waals surface area (Å²) >= 11 is 0. The maximum Gasteiger partial charge on any atom is 3.00 e. The van der Waals surface area contributed by atoms with Gasteiger partial charge in [0, 0.05) is 0 Å². The standard InChI is InChI=1S/3NO3.H2O.Sc/c3*2-1(3)4;;/h;;;1H2;/q3*-1;;+3. The summed E-state index contributed by atoms with van der Waals surface area (Å²) in [6.45, 7) is 0. The molecule has 0 fully saturated rings. The van der Waals surface area contributed by atoms with Gasteiger partial charge in [-0.15, -0.1) is 0 Å². The second-order valence-electron chi connectivity index (χ2n) is 0.671. The van der Waals surface area contributed by atoms with Gasteiger partial charge in [0.05, 0.1) is 15.3 Å². The first kappa shape index (κ1) is 29.4. The van der Waals surface area contributed by atoms with Crippen LogP contribution in [0.3, 0.4) is 0 Å². The molecule has 0 unspecified atom stereocenters. The summed E-state index contributed by atoms with van der Waals surface area (Å²) in [4.78, 5) is 24.8. The Hall–Kier alpha value is -1.57. The van der Waals surface area contributed by atoms with Gasteiger partial charge in [-0.1, -0.05) is 0 Å². The molecule has 0 aromatic heterocycles. The quantitative estimate of drug-likeness (QED) is 0.356. The molecule has 0 heterocycles. The molecule has 0 aliphatic rings. The second-order valence-corrected chi connectivity index (χ2v) is 0.671. The fourth-order valence-electron chi connectivity index (χ4n) is 0. The number of hydrogen-bond donors (Lipinski definition) is 0. The molecule has 14 heavy (non-hydrogen) atoms. The molecule has 0 atom stereocenters. The summed E-state index contributed by atoms with van der Waals surface area (Å²) in [6.07, 6.45) is 0. The number of hydrogen-bond acceptors (Lipinski definition) is 9. The van der Waals surface area contributed by atoms with Crippen molar-refractivity contribution in [2.45, 2.75) is 0 Å². The molecule has 0 aromatic carbocycles. The van der Waals surface area contributed by atoms with Crippen molar-refractivity contribution in [3.63, 3.8) is 0 Å². The minimum atomic E-state index is -1.75. The smallest absolute Gasteiger partial charge is 0.412 e. The Kier molecular flexibility index (Phi) is 47.3. The van der Waals surface area contributed by atoms with Crippen LogP contribution in [-0.4, -0.2) is 20.7 Å². The molecule has 14 heteroatoms. The van der Waals surface area contributed by atoms with Crippen LogP contribution in [-0.2, 0) is 25.8 Å². The molecule has 2 N–H and O–H groups in total. The molecule has 0 saturated carbocycles. The monoisotopic (exact) mass is 249 g/mol. The van der Waals surface area contributed by atoms with E-state index < -0.39 is 15.3 Å². The molecule has 0 bridgehead atoms. The van der Waals surface area contributed by atoms with Crippen molar-refractivity contribution in [3.05, 3.63) is 46.0 Å². The van der Waals surface area contributed by atoms with Crippen LogP contribution in [0.4, 0.5) is 0 Å². The van der Waals surface area contributed by atoms with Crippen molar-refractivity contribution < 1.29 is 46.6 Å². The van der Waals surface area contributed by atoms with E-state index in [1.807, 2.05) is 0 Å². The van der Waals surface area contributed by atoms with Crippen LogP contribution in [0.1, 0.15) is 0 Å². The average Bonchev–Trinajstić information content (AvgIpc) is 1.54. The van der Waals surface area contributed by atoms with Crippen molar-refractivity contribution in [1.82, 2.24) is 0 Å². The predicted octanol–water partition coefficient (Wildman–Crippen LogP) is -1.54. The molecule has 80 valence electrons. The Morgan fingerprint density at radius 2 is 0.571 bits per heavy atom. The molecule has 0 amide bonds. The van der Waals surface area contributed by atoms with E-state index >= 15 is 0 Å². The normalized spacial score (nSPS) is 5.14. The first-order chi connectivity index (χ1) is 5.20. The van der Waals surface area contributed by atoms with E-state index in [9.17, 15) is 0 Å². The molecule has 0 aliphatic heterocycles. The van der Waals surface area contributed by atoms with Crippen molar-refractivity contribution in [2.24, 2.45) is 0 Å². The molecule has 0 radical (unpaired) electrons. The SMILES string of the molecule is O.O=[N+]([O-])[O-].O=[N+]([O-])[O-].O=[N+]([O-])[O-].[Sc+3]. The summed E-state index contributed by atoms with van der Waals surface area (Å²) in [7, 11) is 0. The maximum atomic E-state index is 8.25. The molecular weight excluding hydrogens is 247 g/mol. The summed E-state index contributed by atoms with van der Waals surface area (Å²) < 4.78 is 0. The van der Waals surface area contributed by atoms with Crippen LogP contribution < -0.4 is 0 Å². The Bertz CT molecular complexity index is 113. The van der Waals surface area contributed by atoms with Crippen molar-refractivity contribution >= 4 is 0 Å². The summed E-state index contributed by atoms with van der Waals surface area (Å²) in [6, 6.07) is 0. The zero-order chi connectivity index (χ0) is 10.7. The van der Waals surface area contributed by atoms with Crippen LogP contribution >= 0.6 is 0 Å². The fraction of sp³-hybridized carbons (Fsp3) is 0. The zero-order valence-electron chi connectivity index (χ0n) is 6.09. The average molecular weight is 249 g/mol. The van der Waals surface area contributed by atoms with Gasteiger partial charge in [-0.2, -0.15) is 0 Å². The predicted molar refractivity (Wildman–Crippen MR) is 34.7 cm³/mol. The minimum absolute atomic E-state index is 0. The van der Waals surface area contributed by atoms with E-state index in [2.05, 4.69) is 0 Å². The topological polar surface area (TPSA) is 230 Å². The van der Waals surface area contributed by atoms with Crippen LogP contribution in [0.15, 0.2) is 0 Å². The summed E-state index contributed by atoms with van der Waals surface area (Å²) in [5.74, 6) is 0. The van der Waals surface area contributed by atoms with Gasteiger partial charge in [0.2, 0.25) is 0 Å². The summed E-state index contributed by atoms with van der Waals surface area (Å²) in [5.41, 5.74) is 0. The largest absolute Gasteiger partial charge is 3.00 e. The van der Waals surface area contributed by atoms with Gasteiger partial charge in [0.25, 0.3) is 0 Å². The van der Waals surface area contributed by atoms with E-state index in [1.165, 1.54) is 0 Å². The number of nitrogens with zero attached hydrogens (tertiary/aromatic N) is 3. The van der Waals surface area contributed by atoms with Crippen molar-refractivity contribution in [1.29, 1.82) is 0 Å². The maximum absolute atomic E-state index is 8.25. The van der Waals surface area contributed by atoms with Gasteiger partial charge in [-0.05, 0) is 0 Å². The first-order valence-electron chi connectivity index (χ1n) is 1.64. The third-order valence-corrected chi connectivity index (χ3v) is 0. The van der Waals surface area contributed by atoms with Gasteiger partial charge in [-0.3, -0.25) is 0 Å². The van der Waals surface area contributed by atoms with Crippen LogP contribution in [0.25, 0.3) is 0 Å². The van der Waals surface area contributed by atoms with E-state index in [0.717, 1.165) is 0 Å². The van der Waals surface area contributed by atoms with Gasteiger partial charge in [0.1, 0.15) is 0 Å². The molecule has 0 rings (SSSR count). The Morgan fingerprint density at radius 1 is 0.571 bits per heavy atom.